The maximum atomic E-state index is 11.9. The zero-order chi connectivity index (χ0) is 18.6. The van der Waals surface area contributed by atoms with Gasteiger partial charge in [0.25, 0.3) is 0 Å². The highest BCUT2D eigenvalue weighted by atomic mass is 16.5. The number of carbonyl (C=O) groups excluding carboxylic acids is 1. The fourth-order valence-electron chi connectivity index (χ4n) is 3.34. The highest BCUT2D eigenvalue weighted by Gasteiger charge is 2.32. The largest absolute Gasteiger partial charge is 0.495 e. The van der Waals surface area contributed by atoms with Crippen molar-refractivity contribution < 1.29 is 9.53 Å². The molecule has 1 aromatic carbocycles. The predicted octanol–water partition coefficient (Wildman–Crippen LogP) is 2.72. The Labute approximate surface area is 159 Å². The molecule has 27 heavy (non-hydrogen) atoms. The highest BCUT2D eigenvalue weighted by molar-refractivity contribution is 5.81. The zero-order valence-corrected chi connectivity index (χ0v) is 15.5. The zero-order valence-electron chi connectivity index (χ0n) is 15.5. The molecule has 2 aromatic rings. The summed E-state index contributed by atoms with van der Waals surface area (Å²) >= 11 is 0. The fourth-order valence-corrected chi connectivity index (χ4v) is 3.34. The Morgan fingerprint density at radius 1 is 1.15 bits per heavy atom. The molecule has 1 saturated carbocycles. The van der Waals surface area contributed by atoms with E-state index in [4.69, 9.17) is 4.74 Å². The van der Waals surface area contributed by atoms with Gasteiger partial charge in [-0.1, -0.05) is 12.1 Å². The molecule has 2 N–H and O–H groups in total. The van der Waals surface area contributed by atoms with E-state index in [9.17, 15) is 4.79 Å². The summed E-state index contributed by atoms with van der Waals surface area (Å²) in [6, 6.07) is 9.86. The smallest absolute Gasteiger partial charge is 0.227 e. The van der Waals surface area contributed by atoms with E-state index in [-0.39, 0.29) is 17.9 Å². The van der Waals surface area contributed by atoms with Crippen molar-refractivity contribution in [3.05, 3.63) is 36.5 Å². The first-order chi connectivity index (χ1) is 13.2. The molecule has 7 nitrogen and oxygen atoms in total. The SMILES string of the molecule is COc1ccccc1Nc1ccnc(N2CCC(NC(=O)C3CC3)CC2)n1. The second kappa shape index (κ2) is 7.82. The van der Waals surface area contributed by atoms with Gasteiger partial charge in [0.05, 0.1) is 12.8 Å². The minimum Gasteiger partial charge on any atom is -0.495 e. The van der Waals surface area contributed by atoms with E-state index in [2.05, 4.69) is 25.5 Å². The van der Waals surface area contributed by atoms with Crippen molar-refractivity contribution >= 4 is 23.4 Å². The lowest BCUT2D eigenvalue weighted by molar-refractivity contribution is -0.123. The summed E-state index contributed by atoms with van der Waals surface area (Å²) in [5.41, 5.74) is 0.867. The van der Waals surface area contributed by atoms with Gasteiger partial charge in [0.15, 0.2) is 0 Å². The van der Waals surface area contributed by atoms with E-state index in [0.29, 0.717) is 5.95 Å². The summed E-state index contributed by atoms with van der Waals surface area (Å²) in [6.07, 6.45) is 5.70. The summed E-state index contributed by atoms with van der Waals surface area (Å²) in [6.45, 7) is 1.68. The van der Waals surface area contributed by atoms with Crippen molar-refractivity contribution in [1.82, 2.24) is 15.3 Å². The van der Waals surface area contributed by atoms with Crippen LogP contribution in [0.2, 0.25) is 0 Å². The quantitative estimate of drug-likeness (QED) is 0.817. The van der Waals surface area contributed by atoms with E-state index in [1.54, 1.807) is 13.3 Å². The highest BCUT2D eigenvalue weighted by Crippen LogP contribution is 2.30. The van der Waals surface area contributed by atoms with Crippen LogP contribution in [0.5, 0.6) is 5.75 Å². The molecule has 1 amide bonds. The Kier molecular flexibility index (Phi) is 5.09. The summed E-state index contributed by atoms with van der Waals surface area (Å²) < 4.78 is 5.38. The lowest BCUT2D eigenvalue weighted by Gasteiger charge is -2.32. The van der Waals surface area contributed by atoms with Gasteiger partial charge in [0.1, 0.15) is 11.6 Å². The van der Waals surface area contributed by atoms with Crippen LogP contribution in [0.15, 0.2) is 36.5 Å². The van der Waals surface area contributed by atoms with Gasteiger partial charge >= 0.3 is 0 Å². The maximum Gasteiger partial charge on any atom is 0.227 e. The predicted molar refractivity (Wildman–Crippen MR) is 104 cm³/mol. The average molecular weight is 367 g/mol. The summed E-state index contributed by atoms with van der Waals surface area (Å²) in [5.74, 6) is 2.71. The molecule has 7 heteroatoms. The number of nitrogens with zero attached hydrogens (tertiary/aromatic N) is 3. The number of aromatic nitrogens is 2. The van der Waals surface area contributed by atoms with E-state index < -0.39 is 0 Å². The lowest BCUT2D eigenvalue weighted by Crippen LogP contribution is -2.45. The van der Waals surface area contributed by atoms with Crippen LogP contribution in [-0.2, 0) is 4.79 Å². The standard InChI is InChI=1S/C20H25N5O2/c1-27-17-5-3-2-4-16(17)23-18-8-11-21-20(24-18)25-12-9-15(10-13-25)22-19(26)14-6-7-14/h2-5,8,11,14-15H,6-7,9-10,12-13H2,1H3,(H,22,26)(H,21,23,24). The van der Waals surface area contributed by atoms with E-state index in [1.165, 1.54) is 0 Å². The number of piperidine rings is 1. The summed E-state index contributed by atoms with van der Waals surface area (Å²) in [7, 11) is 1.65. The minimum absolute atomic E-state index is 0.229. The van der Waals surface area contributed by atoms with Crippen molar-refractivity contribution in [1.29, 1.82) is 0 Å². The molecule has 0 bridgehead atoms. The molecule has 4 rings (SSSR count). The Balaban J connectivity index is 1.37. The number of carbonyl (C=O) groups is 1. The molecule has 0 atom stereocenters. The third kappa shape index (κ3) is 4.30. The Bertz CT molecular complexity index is 800. The first-order valence-corrected chi connectivity index (χ1v) is 9.51. The van der Waals surface area contributed by atoms with Gasteiger partial charge in [-0.2, -0.15) is 4.98 Å². The van der Waals surface area contributed by atoms with Gasteiger partial charge in [0.2, 0.25) is 11.9 Å². The normalized spacial score (nSPS) is 17.4. The Morgan fingerprint density at radius 3 is 2.67 bits per heavy atom. The molecule has 2 fully saturated rings. The topological polar surface area (TPSA) is 79.4 Å². The number of nitrogens with one attached hydrogen (secondary N) is 2. The molecule has 0 radical (unpaired) electrons. The monoisotopic (exact) mass is 367 g/mol. The van der Waals surface area contributed by atoms with Gasteiger partial charge in [0, 0.05) is 31.2 Å². The first kappa shape index (κ1) is 17.6. The van der Waals surface area contributed by atoms with Gasteiger partial charge in [-0.3, -0.25) is 4.79 Å². The number of para-hydroxylation sites is 2. The minimum atomic E-state index is 0.229. The molecule has 1 aliphatic carbocycles. The van der Waals surface area contributed by atoms with Crippen molar-refractivity contribution in [2.75, 3.05) is 30.4 Å². The van der Waals surface area contributed by atoms with Gasteiger partial charge in [-0.25, -0.2) is 4.98 Å². The molecular formula is C20H25N5O2. The Hall–Kier alpha value is -2.83. The lowest BCUT2D eigenvalue weighted by atomic mass is 10.1. The average Bonchev–Trinajstić information content (AvgIpc) is 3.55. The van der Waals surface area contributed by atoms with Gasteiger partial charge < -0.3 is 20.3 Å². The number of amides is 1. The number of benzene rings is 1. The molecule has 142 valence electrons. The third-order valence-corrected chi connectivity index (χ3v) is 5.08. The second-order valence-electron chi connectivity index (χ2n) is 7.11. The van der Waals surface area contributed by atoms with Crippen molar-refractivity contribution in [3.63, 3.8) is 0 Å². The van der Waals surface area contributed by atoms with Crippen LogP contribution in [0, 0.1) is 5.92 Å². The van der Waals surface area contributed by atoms with Crippen LogP contribution in [0.25, 0.3) is 0 Å². The summed E-state index contributed by atoms with van der Waals surface area (Å²) in [5, 5.41) is 6.47. The number of methoxy groups -OCH3 is 1. The number of anilines is 3. The second-order valence-corrected chi connectivity index (χ2v) is 7.11. The molecular weight excluding hydrogens is 342 g/mol. The molecule has 0 unspecified atom stereocenters. The van der Waals surface area contributed by atoms with Crippen molar-refractivity contribution in [2.45, 2.75) is 31.7 Å². The number of hydrogen-bond acceptors (Lipinski definition) is 6. The molecule has 1 aliphatic heterocycles. The van der Waals surface area contributed by atoms with E-state index in [1.807, 2.05) is 30.3 Å². The fraction of sp³-hybridized carbons (Fsp3) is 0.450. The van der Waals surface area contributed by atoms with Crippen LogP contribution in [0.4, 0.5) is 17.5 Å². The van der Waals surface area contributed by atoms with Gasteiger partial charge in [-0.05, 0) is 43.9 Å². The number of ether oxygens (including phenoxy) is 1. The summed E-state index contributed by atoms with van der Waals surface area (Å²) in [4.78, 5) is 23.2. The van der Waals surface area contributed by atoms with Crippen molar-refractivity contribution in [3.8, 4) is 5.75 Å². The van der Waals surface area contributed by atoms with Crippen LogP contribution < -0.4 is 20.3 Å². The van der Waals surface area contributed by atoms with Crippen LogP contribution in [-0.4, -0.2) is 42.1 Å². The maximum absolute atomic E-state index is 11.9. The van der Waals surface area contributed by atoms with Gasteiger partial charge in [-0.15, -0.1) is 0 Å². The molecule has 0 spiro atoms. The molecule has 1 aromatic heterocycles. The van der Waals surface area contributed by atoms with Crippen molar-refractivity contribution in [2.24, 2.45) is 5.92 Å². The number of rotatable bonds is 6. The molecule has 2 aliphatic rings. The molecule has 1 saturated heterocycles. The third-order valence-electron chi connectivity index (χ3n) is 5.08. The first-order valence-electron chi connectivity index (χ1n) is 9.51. The van der Waals surface area contributed by atoms with E-state index >= 15 is 0 Å². The van der Waals surface area contributed by atoms with E-state index in [0.717, 1.165) is 56.0 Å². The Morgan fingerprint density at radius 2 is 1.93 bits per heavy atom. The van der Waals surface area contributed by atoms with Crippen LogP contribution >= 0.6 is 0 Å². The van der Waals surface area contributed by atoms with Crippen LogP contribution in [0.1, 0.15) is 25.7 Å². The number of hydrogen-bond donors (Lipinski definition) is 2. The molecule has 2 heterocycles. The van der Waals surface area contributed by atoms with Crippen LogP contribution in [0.3, 0.4) is 0 Å².